The largest absolute Gasteiger partial charge is 0.373 e. The summed E-state index contributed by atoms with van der Waals surface area (Å²) in [5.41, 5.74) is 1.58. The van der Waals surface area contributed by atoms with Gasteiger partial charge in [0.25, 0.3) is 0 Å². The van der Waals surface area contributed by atoms with Crippen molar-refractivity contribution in [2.75, 3.05) is 12.4 Å². The van der Waals surface area contributed by atoms with Gasteiger partial charge >= 0.3 is 0 Å². The standard InChI is InChI=1S/C22H18F3N3.C3H8/c1-4-6-7-13(5-2)21-27-18-12-14(8-9-16(18)22(26-3)28-21)15-10-11-17(23)20(25)19(15)24;1-3-2/h4-12H,2H2,1,3H3,(H,26,27,28);3H2,1-2H3/b6-4-,13-7+;. The monoisotopic (exact) mass is 425 g/mol. The highest BCUT2D eigenvalue weighted by molar-refractivity contribution is 5.93. The molecule has 0 saturated carbocycles. The fourth-order valence-electron chi connectivity index (χ4n) is 2.80. The van der Waals surface area contributed by atoms with E-state index in [-0.39, 0.29) is 5.56 Å². The number of allylic oxidation sites excluding steroid dienone is 5. The van der Waals surface area contributed by atoms with Crippen molar-refractivity contribution in [3.05, 3.63) is 84.5 Å². The highest BCUT2D eigenvalue weighted by atomic mass is 19.2. The fourth-order valence-corrected chi connectivity index (χ4v) is 2.80. The molecule has 31 heavy (non-hydrogen) atoms. The van der Waals surface area contributed by atoms with Crippen LogP contribution >= 0.6 is 0 Å². The van der Waals surface area contributed by atoms with Crippen LogP contribution in [0.1, 0.15) is 33.0 Å². The molecular weight excluding hydrogens is 399 g/mol. The average Bonchev–Trinajstić information content (AvgIpc) is 2.77. The van der Waals surface area contributed by atoms with E-state index in [4.69, 9.17) is 0 Å². The summed E-state index contributed by atoms with van der Waals surface area (Å²) < 4.78 is 41.1. The minimum atomic E-state index is -1.50. The molecule has 0 bridgehead atoms. The summed E-state index contributed by atoms with van der Waals surface area (Å²) in [6.45, 7) is 9.93. The minimum Gasteiger partial charge on any atom is -0.373 e. The Morgan fingerprint density at radius 3 is 2.39 bits per heavy atom. The third-order valence-electron chi connectivity index (χ3n) is 4.23. The van der Waals surface area contributed by atoms with Crippen LogP contribution in [0.4, 0.5) is 19.0 Å². The van der Waals surface area contributed by atoms with Crippen molar-refractivity contribution in [2.45, 2.75) is 27.2 Å². The number of nitrogens with zero attached hydrogens (tertiary/aromatic N) is 2. The lowest BCUT2D eigenvalue weighted by atomic mass is 10.0. The van der Waals surface area contributed by atoms with Crippen molar-refractivity contribution >= 4 is 22.3 Å². The van der Waals surface area contributed by atoms with Crippen molar-refractivity contribution in [1.29, 1.82) is 0 Å². The Morgan fingerprint density at radius 2 is 1.77 bits per heavy atom. The molecule has 0 saturated heterocycles. The van der Waals surface area contributed by atoms with Crippen LogP contribution in [0.2, 0.25) is 0 Å². The van der Waals surface area contributed by atoms with E-state index in [1.54, 1.807) is 31.3 Å². The Labute approximate surface area is 181 Å². The Balaban J connectivity index is 0.00000107. The number of rotatable bonds is 5. The van der Waals surface area contributed by atoms with Gasteiger partial charge in [-0.3, -0.25) is 0 Å². The second-order valence-electron chi connectivity index (χ2n) is 6.66. The second-order valence-corrected chi connectivity index (χ2v) is 6.66. The zero-order valence-corrected chi connectivity index (χ0v) is 18.1. The van der Waals surface area contributed by atoms with Crippen LogP contribution in [0.5, 0.6) is 0 Å². The molecule has 0 aliphatic heterocycles. The lowest BCUT2D eigenvalue weighted by molar-refractivity contribution is 0.449. The highest BCUT2D eigenvalue weighted by Gasteiger charge is 2.16. The molecule has 0 fully saturated rings. The topological polar surface area (TPSA) is 37.8 Å². The van der Waals surface area contributed by atoms with E-state index in [9.17, 15) is 13.2 Å². The van der Waals surface area contributed by atoms with Crippen LogP contribution in [0.15, 0.2) is 61.2 Å². The summed E-state index contributed by atoms with van der Waals surface area (Å²) in [6, 6.07) is 7.05. The summed E-state index contributed by atoms with van der Waals surface area (Å²) in [4.78, 5) is 9.06. The van der Waals surface area contributed by atoms with E-state index in [1.807, 2.05) is 25.2 Å². The van der Waals surface area contributed by atoms with Crippen LogP contribution in [-0.2, 0) is 0 Å². The van der Waals surface area contributed by atoms with E-state index >= 15 is 0 Å². The van der Waals surface area contributed by atoms with Gasteiger partial charge < -0.3 is 5.32 Å². The molecule has 1 N–H and O–H groups in total. The number of anilines is 1. The van der Waals surface area contributed by atoms with Crippen molar-refractivity contribution in [3.8, 4) is 11.1 Å². The molecule has 3 nitrogen and oxygen atoms in total. The van der Waals surface area contributed by atoms with E-state index in [2.05, 4.69) is 35.7 Å². The predicted molar refractivity (Wildman–Crippen MR) is 123 cm³/mol. The smallest absolute Gasteiger partial charge is 0.195 e. The normalized spacial score (nSPS) is 11.4. The van der Waals surface area contributed by atoms with E-state index in [1.165, 1.54) is 12.5 Å². The predicted octanol–water partition coefficient (Wildman–Crippen LogP) is 7.32. The Morgan fingerprint density at radius 1 is 1.06 bits per heavy atom. The third kappa shape index (κ3) is 5.40. The first-order chi connectivity index (χ1) is 14.9. The molecule has 0 radical (unpaired) electrons. The molecule has 0 amide bonds. The van der Waals surface area contributed by atoms with Crippen LogP contribution < -0.4 is 5.32 Å². The van der Waals surface area contributed by atoms with Gasteiger partial charge in [0.2, 0.25) is 0 Å². The van der Waals surface area contributed by atoms with Crippen molar-refractivity contribution in [3.63, 3.8) is 0 Å². The summed E-state index contributed by atoms with van der Waals surface area (Å²) >= 11 is 0. The lowest BCUT2D eigenvalue weighted by Crippen LogP contribution is -2.01. The van der Waals surface area contributed by atoms with Gasteiger partial charge in [0.1, 0.15) is 5.82 Å². The van der Waals surface area contributed by atoms with Crippen molar-refractivity contribution < 1.29 is 13.2 Å². The van der Waals surface area contributed by atoms with E-state index < -0.39 is 17.5 Å². The highest BCUT2D eigenvalue weighted by Crippen LogP contribution is 2.31. The van der Waals surface area contributed by atoms with Crippen LogP contribution in [0.3, 0.4) is 0 Å². The number of benzene rings is 2. The van der Waals surface area contributed by atoms with Crippen LogP contribution in [0.25, 0.3) is 27.6 Å². The molecule has 0 spiro atoms. The number of aromatic nitrogens is 2. The molecular formula is C25H26F3N3. The Bertz CT molecular complexity index is 1130. The molecule has 0 aliphatic rings. The third-order valence-corrected chi connectivity index (χ3v) is 4.23. The lowest BCUT2D eigenvalue weighted by Gasteiger charge is -2.11. The van der Waals surface area contributed by atoms with E-state index in [0.717, 1.165) is 6.07 Å². The molecule has 6 heteroatoms. The quantitative estimate of drug-likeness (QED) is 0.344. The number of hydrogen-bond acceptors (Lipinski definition) is 3. The average molecular weight is 425 g/mol. The molecule has 0 unspecified atom stereocenters. The van der Waals surface area contributed by atoms with Crippen molar-refractivity contribution in [1.82, 2.24) is 9.97 Å². The van der Waals surface area contributed by atoms with Gasteiger partial charge in [-0.15, -0.1) is 0 Å². The number of halogens is 3. The molecule has 2 aromatic carbocycles. The summed E-state index contributed by atoms with van der Waals surface area (Å²) in [5.74, 6) is -2.94. The van der Waals surface area contributed by atoms with Gasteiger partial charge in [0.05, 0.1) is 5.52 Å². The summed E-state index contributed by atoms with van der Waals surface area (Å²) in [5, 5.41) is 3.73. The molecule has 3 rings (SSSR count). The van der Waals surface area contributed by atoms with Gasteiger partial charge in [0.15, 0.2) is 23.3 Å². The van der Waals surface area contributed by atoms with E-state index in [0.29, 0.717) is 33.7 Å². The summed E-state index contributed by atoms with van der Waals surface area (Å²) in [7, 11) is 1.73. The molecule has 0 aliphatic carbocycles. The SMILES string of the molecule is C=C/C(=C\C=C/C)c1nc(NC)c2ccc(-c3ccc(F)c(F)c3F)cc2n1.CCC. The maximum atomic E-state index is 14.2. The summed E-state index contributed by atoms with van der Waals surface area (Å²) in [6.07, 6.45) is 8.43. The fraction of sp³-hybridized carbons (Fsp3) is 0.200. The Hall–Kier alpha value is -3.41. The van der Waals surface area contributed by atoms with Gasteiger partial charge in [-0.05, 0) is 36.8 Å². The zero-order valence-electron chi connectivity index (χ0n) is 18.1. The van der Waals surface area contributed by atoms with Crippen LogP contribution in [-0.4, -0.2) is 17.0 Å². The van der Waals surface area contributed by atoms with Gasteiger partial charge in [-0.1, -0.05) is 57.2 Å². The van der Waals surface area contributed by atoms with Gasteiger partial charge in [-0.2, -0.15) is 0 Å². The Kier molecular flexibility index (Phi) is 8.55. The van der Waals surface area contributed by atoms with Crippen molar-refractivity contribution in [2.24, 2.45) is 0 Å². The molecule has 162 valence electrons. The zero-order chi connectivity index (χ0) is 23.0. The first-order valence-corrected chi connectivity index (χ1v) is 10.0. The second kappa shape index (κ2) is 11.1. The number of nitrogens with one attached hydrogen (secondary N) is 1. The number of hydrogen-bond donors (Lipinski definition) is 1. The van der Waals surface area contributed by atoms with Gasteiger partial charge in [-0.25, -0.2) is 23.1 Å². The molecule has 1 heterocycles. The molecule has 0 atom stereocenters. The number of fused-ring (bicyclic) bond motifs is 1. The molecule has 3 aromatic rings. The first kappa shape index (κ1) is 23.9. The maximum Gasteiger partial charge on any atom is 0.195 e. The van der Waals surface area contributed by atoms with Crippen LogP contribution in [0, 0.1) is 17.5 Å². The minimum absolute atomic E-state index is 0.0413. The van der Waals surface area contributed by atoms with Gasteiger partial charge in [0, 0.05) is 23.6 Å². The maximum absolute atomic E-state index is 14.2. The molecule has 1 aromatic heterocycles. The first-order valence-electron chi connectivity index (χ1n) is 10.0.